The lowest BCUT2D eigenvalue weighted by molar-refractivity contribution is -0.120. The Balaban J connectivity index is 2.64. The van der Waals surface area contributed by atoms with E-state index in [1.54, 1.807) is 19.1 Å². The van der Waals surface area contributed by atoms with E-state index in [0.29, 0.717) is 5.75 Å². The molecule has 0 saturated carbocycles. The van der Waals surface area contributed by atoms with E-state index in [0.717, 1.165) is 4.90 Å². The van der Waals surface area contributed by atoms with Crippen molar-refractivity contribution in [3.63, 3.8) is 0 Å². The molecule has 0 spiro atoms. The molecule has 1 aromatic carbocycles. The van der Waals surface area contributed by atoms with Crippen molar-refractivity contribution in [2.24, 2.45) is 11.7 Å². The fraction of sp³-hybridized carbons (Fsp3) is 0.300. The molecule has 1 aromatic rings. The van der Waals surface area contributed by atoms with Gasteiger partial charge in [0, 0.05) is 16.6 Å². The highest BCUT2D eigenvalue weighted by Crippen LogP contribution is 2.08. The number of hydrogen-bond donors (Lipinski definition) is 1. The summed E-state index contributed by atoms with van der Waals surface area (Å²) in [5, 5.41) is 0. The fourth-order valence-electron chi connectivity index (χ4n) is 0.978. The van der Waals surface area contributed by atoms with Crippen LogP contribution in [0, 0.1) is 5.92 Å². The second-order valence-electron chi connectivity index (χ2n) is 3.13. The van der Waals surface area contributed by atoms with Crippen molar-refractivity contribution < 1.29 is 9.00 Å². The maximum Gasteiger partial charge on any atom is 0.221 e. The number of rotatable bonds is 4. The Labute approximate surface area is 85.8 Å². The number of carbonyl (C=O) groups is 1. The van der Waals surface area contributed by atoms with E-state index in [1.165, 1.54) is 0 Å². The molecule has 3 nitrogen and oxygen atoms in total. The molecule has 76 valence electrons. The van der Waals surface area contributed by atoms with Crippen LogP contribution in [-0.2, 0) is 15.6 Å². The molecule has 2 N–H and O–H groups in total. The Hall–Kier alpha value is -1.16. The normalized spacial score (nSPS) is 14.6. The third-order valence-electron chi connectivity index (χ3n) is 1.89. The minimum Gasteiger partial charge on any atom is -0.369 e. The van der Waals surface area contributed by atoms with Crippen molar-refractivity contribution >= 4 is 16.7 Å². The summed E-state index contributed by atoms with van der Waals surface area (Å²) in [4.78, 5) is 11.5. The lowest BCUT2D eigenvalue weighted by Crippen LogP contribution is -2.25. The summed E-state index contributed by atoms with van der Waals surface area (Å²) < 4.78 is 11.7. The van der Waals surface area contributed by atoms with Gasteiger partial charge in [-0.25, -0.2) is 0 Å². The molecule has 4 heteroatoms. The van der Waals surface area contributed by atoms with Gasteiger partial charge in [0.05, 0.1) is 10.8 Å². The zero-order valence-electron chi connectivity index (χ0n) is 7.97. The summed E-state index contributed by atoms with van der Waals surface area (Å²) in [6.07, 6.45) is 0. The Morgan fingerprint density at radius 2 is 2.00 bits per heavy atom. The second-order valence-corrected chi connectivity index (χ2v) is 4.62. The third-order valence-corrected chi connectivity index (χ3v) is 3.49. The summed E-state index contributed by atoms with van der Waals surface area (Å²) in [7, 11) is -1.13. The second kappa shape index (κ2) is 4.91. The highest BCUT2D eigenvalue weighted by atomic mass is 32.2. The molecule has 0 aliphatic rings. The zero-order chi connectivity index (χ0) is 10.6. The van der Waals surface area contributed by atoms with Crippen LogP contribution in [0.5, 0.6) is 0 Å². The lowest BCUT2D eigenvalue weighted by Gasteiger charge is -2.06. The first-order valence-electron chi connectivity index (χ1n) is 4.34. The van der Waals surface area contributed by atoms with Crippen LogP contribution < -0.4 is 5.73 Å². The number of benzene rings is 1. The predicted molar refractivity (Wildman–Crippen MR) is 56.1 cm³/mol. The van der Waals surface area contributed by atoms with Gasteiger partial charge >= 0.3 is 0 Å². The van der Waals surface area contributed by atoms with Crippen LogP contribution in [0.1, 0.15) is 6.92 Å². The number of amides is 1. The van der Waals surface area contributed by atoms with Gasteiger partial charge in [0.2, 0.25) is 5.91 Å². The summed E-state index contributed by atoms with van der Waals surface area (Å²) in [5.74, 6) is -0.468. The van der Waals surface area contributed by atoms with Crippen molar-refractivity contribution in [2.45, 2.75) is 11.8 Å². The largest absolute Gasteiger partial charge is 0.369 e. The molecule has 2 unspecified atom stereocenters. The van der Waals surface area contributed by atoms with E-state index in [4.69, 9.17) is 5.73 Å². The quantitative estimate of drug-likeness (QED) is 0.805. The maximum absolute atomic E-state index is 11.7. The molecular formula is C10H13NO2S. The van der Waals surface area contributed by atoms with E-state index >= 15 is 0 Å². The molecule has 0 radical (unpaired) electrons. The first-order valence-corrected chi connectivity index (χ1v) is 5.66. The Morgan fingerprint density at radius 1 is 1.43 bits per heavy atom. The SMILES string of the molecule is CC(CS(=O)c1ccccc1)C(N)=O. The smallest absolute Gasteiger partial charge is 0.221 e. The van der Waals surface area contributed by atoms with E-state index in [-0.39, 0.29) is 5.92 Å². The van der Waals surface area contributed by atoms with Gasteiger partial charge in [-0.05, 0) is 12.1 Å². The fourth-order valence-corrected chi connectivity index (χ4v) is 2.25. The topological polar surface area (TPSA) is 60.2 Å². The zero-order valence-corrected chi connectivity index (χ0v) is 8.79. The van der Waals surface area contributed by atoms with Crippen molar-refractivity contribution in [1.82, 2.24) is 0 Å². The molecule has 14 heavy (non-hydrogen) atoms. The molecule has 1 amide bonds. The van der Waals surface area contributed by atoms with Gasteiger partial charge in [-0.15, -0.1) is 0 Å². The summed E-state index contributed by atoms with van der Waals surface area (Å²) in [5.41, 5.74) is 5.09. The molecule has 2 atom stereocenters. The van der Waals surface area contributed by atoms with Gasteiger partial charge in [0.1, 0.15) is 0 Å². The molecule has 1 rings (SSSR count). The van der Waals surface area contributed by atoms with Gasteiger partial charge in [0.15, 0.2) is 0 Å². The van der Waals surface area contributed by atoms with Gasteiger partial charge in [-0.3, -0.25) is 9.00 Å². The van der Waals surface area contributed by atoms with Crippen LogP contribution in [-0.4, -0.2) is 15.9 Å². The van der Waals surface area contributed by atoms with E-state index in [1.807, 2.05) is 18.2 Å². The van der Waals surface area contributed by atoms with Gasteiger partial charge in [-0.2, -0.15) is 0 Å². The van der Waals surface area contributed by atoms with Crippen LogP contribution in [0.25, 0.3) is 0 Å². The monoisotopic (exact) mass is 211 g/mol. The lowest BCUT2D eigenvalue weighted by atomic mass is 10.2. The molecule has 0 aliphatic heterocycles. The molecule has 0 heterocycles. The van der Waals surface area contributed by atoms with Gasteiger partial charge in [0.25, 0.3) is 0 Å². The van der Waals surface area contributed by atoms with Crippen molar-refractivity contribution in [3.8, 4) is 0 Å². The van der Waals surface area contributed by atoms with Crippen LogP contribution in [0.15, 0.2) is 35.2 Å². The highest BCUT2D eigenvalue weighted by Gasteiger charge is 2.13. The van der Waals surface area contributed by atoms with Crippen molar-refractivity contribution in [1.29, 1.82) is 0 Å². The number of primary amides is 1. The van der Waals surface area contributed by atoms with E-state index in [2.05, 4.69) is 0 Å². The molecular weight excluding hydrogens is 198 g/mol. The molecule has 0 bridgehead atoms. The van der Waals surface area contributed by atoms with Crippen LogP contribution in [0.2, 0.25) is 0 Å². The summed E-state index contributed by atoms with van der Waals surface area (Å²) in [6.45, 7) is 1.68. The van der Waals surface area contributed by atoms with Crippen molar-refractivity contribution in [2.75, 3.05) is 5.75 Å². The number of hydrogen-bond acceptors (Lipinski definition) is 2. The van der Waals surface area contributed by atoms with Crippen LogP contribution in [0.4, 0.5) is 0 Å². The van der Waals surface area contributed by atoms with Gasteiger partial charge < -0.3 is 5.73 Å². The molecule has 0 fully saturated rings. The molecule has 0 aliphatic carbocycles. The minimum atomic E-state index is -1.13. The Morgan fingerprint density at radius 3 is 2.50 bits per heavy atom. The van der Waals surface area contributed by atoms with E-state index in [9.17, 15) is 9.00 Å². The van der Waals surface area contributed by atoms with Crippen molar-refractivity contribution in [3.05, 3.63) is 30.3 Å². The molecule has 0 aromatic heterocycles. The summed E-state index contributed by atoms with van der Waals surface area (Å²) in [6, 6.07) is 9.07. The first kappa shape index (κ1) is 10.9. The number of nitrogens with two attached hydrogens (primary N) is 1. The average molecular weight is 211 g/mol. The van der Waals surface area contributed by atoms with Crippen LogP contribution >= 0.6 is 0 Å². The predicted octanol–water partition coefficient (Wildman–Crippen LogP) is 0.916. The number of carbonyl (C=O) groups excluding carboxylic acids is 1. The third kappa shape index (κ3) is 2.96. The Kier molecular flexibility index (Phi) is 3.83. The highest BCUT2D eigenvalue weighted by molar-refractivity contribution is 7.85. The first-order chi connectivity index (χ1) is 6.61. The standard InChI is InChI=1S/C10H13NO2S/c1-8(10(11)12)7-14(13)9-5-3-2-4-6-9/h2-6,8H,7H2,1H3,(H2,11,12). The average Bonchev–Trinajstić information content (AvgIpc) is 2.19. The maximum atomic E-state index is 11.7. The summed E-state index contributed by atoms with van der Waals surface area (Å²) >= 11 is 0. The minimum absolute atomic E-state index is 0.291. The van der Waals surface area contributed by atoms with Gasteiger partial charge in [-0.1, -0.05) is 25.1 Å². The molecule has 0 saturated heterocycles. The van der Waals surface area contributed by atoms with E-state index < -0.39 is 16.7 Å². The van der Waals surface area contributed by atoms with Crippen LogP contribution in [0.3, 0.4) is 0 Å². The Bertz CT molecular complexity index is 337.